The maximum Gasteiger partial charge on any atom is 0.410 e. The van der Waals surface area contributed by atoms with Crippen molar-refractivity contribution in [2.45, 2.75) is 148 Å². The first kappa shape index (κ1) is 46.6. The van der Waals surface area contributed by atoms with E-state index in [1.165, 1.54) is 14.0 Å². The molecule has 0 bridgehead atoms. The number of nitrogens with zero attached hydrogens (tertiary/aromatic N) is 5. The molecule has 0 aliphatic carbocycles. The molecule has 0 aromatic carbocycles. The van der Waals surface area contributed by atoms with Crippen LogP contribution in [0.2, 0.25) is 5.15 Å². The van der Waals surface area contributed by atoms with Crippen molar-refractivity contribution in [3.05, 3.63) is 36.0 Å². The number of cyclic esters (lactones) is 1. The van der Waals surface area contributed by atoms with Crippen molar-refractivity contribution in [2.24, 2.45) is 23.7 Å². The number of fused-ring (bicyclic) bond motifs is 1. The monoisotopic (exact) mass is 845 g/mol. The highest BCUT2D eigenvalue weighted by atomic mass is 35.5. The van der Waals surface area contributed by atoms with E-state index in [0.717, 1.165) is 5.56 Å². The molecule has 5 rings (SSSR count). The van der Waals surface area contributed by atoms with Crippen LogP contribution in [0.1, 0.15) is 87.5 Å². The fourth-order valence-corrected chi connectivity index (χ4v) is 9.70. The first-order chi connectivity index (χ1) is 27.8. The lowest BCUT2D eigenvalue weighted by molar-refractivity contribution is -0.295. The van der Waals surface area contributed by atoms with Crippen molar-refractivity contribution in [2.75, 3.05) is 27.7 Å². The fraction of sp³-hybridized carbons (Fsp3) is 0.721. The molecule has 13 atom stereocenters. The van der Waals surface area contributed by atoms with E-state index in [4.69, 9.17) is 35.3 Å². The molecule has 0 radical (unpaired) electrons. The predicted octanol–water partition coefficient (Wildman–Crippen LogP) is 5.58. The Morgan fingerprint density at radius 1 is 1.02 bits per heavy atom. The standard InChI is InChI=1S/C43H64ClN5O10/c1-12-32-43(8)36(49(41(54)59-43)19-14-13-18-48-22-30(46-23-48)29-16-15-17-45-38(29)44)26(4)33(50)24(2)21-42(7,55-11)37(27(5)34(51)28(6)39(53)57-32)58-40-35(52)31(47(9)10)20-25(3)56-40/h15-17,22-28,31-32,35-37,40,52H,12-14,18-21H2,1-11H3/t24-,25-,26+,27+,28-,31+,32-,35-,36-,37-,40?,42+,43-/m1/s1. The number of carbonyl (C=O) groups is 4. The van der Waals surface area contributed by atoms with E-state index in [1.807, 2.05) is 49.7 Å². The normalized spacial score (nSPS) is 36.3. The number of Topliss-reactive ketones (excluding diaryl/α,β-unsaturated/α-hetero) is 2. The first-order valence-corrected chi connectivity index (χ1v) is 21.3. The summed E-state index contributed by atoms with van der Waals surface area (Å²) < 4.78 is 33.2. The van der Waals surface area contributed by atoms with E-state index in [1.54, 1.807) is 58.1 Å². The van der Waals surface area contributed by atoms with Crippen molar-refractivity contribution in [1.82, 2.24) is 24.3 Å². The van der Waals surface area contributed by atoms with E-state index in [9.17, 15) is 24.3 Å². The smallest absolute Gasteiger partial charge is 0.410 e. The minimum Gasteiger partial charge on any atom is -0.458 e. The molecule has 59 heavy (non-hydrogen) atoms. The van der Waals surface area contributed by atoms with Crippen LogP contribution in [0.25, 0.3) is 11.3 Å². The number of methoxy groups -OCH3 is 1. The molecular weight excluding hydrogens is 782 g/mol. The third-order valence-electron chi connectivity index (χ3n) is 12.9. The number of likely N-dealkylation sites (N-methyl/N-ethyl adjacent to an activating group) is 1. The van der Waals surface area contributed by atoms with Gasteiger partial charge in [-0.05, 0) is 86.0 Å². The topological polar surface area (TPSA) is 172 Å². The molecule has 3 aliphatic rings. The number of pyridine rings is 1. The summed E-state index contributed by atoms with van der Waals surface area (Å²) in [5.74, 6) is -5.02. The predicted molar refractivity (Wildman–Crippen MR) is 219 cm³/mol. The van der Waals surface area contributed by atoms with Gasteiger partial charge in [-0.1, -0.05) is 39.3 Å². The van der Waals surface area contributed by atoms with Crippen LogP contribution in [0.5, 0.6) is 0 Å². The molecule has 2 aromatic heterocycles. The molecular formula is C43H64ClN5O10. The summed E-state index contributed by atoms with van der Waals surface area (Å²) in [6.45, 7) is 14.8. The lowest BCUT2D eigenvalue weighted by Crippen LogP contribution is -2.60. The molecule has 3 saturated heterocycles. The molecule has 0 saturated carbocycles. The van der Waals surface area contributed by atoms with Gasteiger partial charge in [-0.2, -0.15) is 0 Å². The van der Waals surface area contributed by atoms with Crippen LogP contribution in [0.15, 0.2) is 30.9 Å². The van der Waals surface area contributed by atoms with Crippen molar-refractivity contribution < 1.29 is 48.0 Å². The number of unbranched alkanes of at least 4 members (excludes halogenated alkanes) is 1. The van der Waals surface area contributed by atoms with Gasteiger partial charge in [0, 0.05) is 62.0 Å². The Labute approximate surface area is 353 Å². The van der Waals surface area contributed by atoms with Crippen LogP contribution >= 0.6 is 11.6 Å². The Morgan fingerprint density at radius 2 is 1.71 bits per heavy atom. The van der Waals surface area contributed by atoms with Crippen molar-refractivity contribution in [3.8, 4) is 11.3 Å². The Kier molecular flexibility index (Phi) is 15.1. The first-order valence-electron chi connectivity index (χ1n) is 20.9. The summed E-state index contributed by atoms with van der Waals surface area (Å²) in [6, 6.07) is 2.56. The Morgan fingerprint density at radius 3 is 2.36 bits per heavy atom. The molecule has 15 nitrogen and oxygen atoms in total. The van der Waals surface area contributed by atoms with Crippen LogP contribution in [-0.2, 0) is 44.6 Å². The van der Waals surface area contributed by atoms with Crippen molar-refractivity contribution >= 4 is 35.2 Å². The average molecular weight is 846 g/mol. The van der Waals surface area contributed by atoms with Crippen LogP contribution in [0.3, 0.4) is 0 Å². The highest BCUT2D eigenvalue weighted by Crippen LogP contribution is 2.43. The largest absolute Gasteiger partial charge is 0.458 e. The number of aromatic nitrogens is 3. The zero-order chi connectivity index (χ0) is 43.6. The number of hydrogen-bond acceptors (Lipinski definition) is 13. The number of ketones is 2. The molecule has 1 unspecified atom stereocenters. The van der Waals surface area contributed by atoms with Gasteiger partial charge in [-0.25, -0.2) is 14.8 Å². The quantitative estimate of drug-likeness (QED) is 0.129. The maximum absolute atomic E-state index is 14.7. The summed E-state index contributed by atoms with van der Waals surface area (Å²) in [5, 5.41) is 11.8. The van der Waals surface area contributed by atoms with E-state index < -0.39 is 83.4 Å². The second-order valence-electron chi connectivity index (χ2n) is 17.4. The summed E-state index contributed by atoms with van der Waals surface area (Å²) in [6.07, 6.45) is 2.35. The van der Waals surface area contributed by atoms with Gasteiger partial charge in [-0.3, -0.25) is 14.4 Å². The lowest BCUT2D eigenvalue weighted by atomic mass is 9.73. The molecule has 3 aliphatic heterocycles. The van der Waals surface area contributed by atoms with E-state index >= 15 is 0 Å². The minimum atomic E-state index is -1.42. The summed E-state index contributed by atoms with van der Waals surface area (Å²) in [7, 11) is 5.23. The summed E-state index contributed by atoms with van der Waals surface area (Å²) >= 11 is 6.28. The Bertz CT molecular complexity index is 1810. The number of aliphatic hydroxyl groups is 1. The third-order valence-corrected chi connectivity index (χ3v) is 13.2. The van der Waals surface area contributed by atoms with Gasteiger partial charge >= 0.3 is 12.1 Å². The number of amides is 1. The Hall–Kier alpha value is -3.47. The number of halogens is 1. The molecule has 16 heteroatoms. The van der Waals surface area contributed by atoms with Gasteiger partial charge in [0.2, 0.25) is 0 Å². The fourth-order valence-electron chi connectivity index (χ4n) is 9.48. The number of esters is 1. The average Bonchev–Trinajstić information content (AvgIpc) is 3.77. The number of aliphatic hydroxyl groups excluding tert-OH is 1. The minimum absolute atomic E-state index is 0.121. The molecule has 1 amide bonds. The molecule has 0 spiro atoms. The van der Waals surface area contributed by atoms with Crippen LogP contribution in [-0.4, -0.2) is 135 Å². The number of rotatable bonds is 11. The summed E-state index contributed by atoms with van der Waals surface area (Å²) in [4.78, 5) is 69.0. The zero-order valence-electron chi connectivity index (χ0n) is 36.4. The van der Waals surface area contributed by atoms with Gasteiger partial charge in [-0.15, -0.1) is 0 Å². The lowest BCUT2D eigenvalue weighted by Gasteiger charge is -2.47. The SMILES string of the molecule is CC[C@H]1OC(=O)[C@H](C)C(=O)[C@H](C)[C@@H](OC2O[C@H](C)C[C@H](N(C)C)[C@H]2O)[C@@](C)(OC)C[C@@H](C)C(=O)[C@H](C)[C@H]2N(CCCCn3cnc(-c4cccnc4Cl)c3)C(=O)O[C@]12C. The van der Waals surface area contributed by atoms with E-state index in [-0.39, 0.29) is 37.3 Å². The van der Waals surface area contributed by atoms with Crippen LogP contribution in [0.4, 0.5) is 4.79 Å². The second-order valence-corrected chi connectivity index (χ2v) is 17.8. The zero-order valence-corrected chi connectivity index (χ0v) is 37.2. The second kappa shape index (κ2) is 19.1. The number of imidazole rings is 1. The van der Waals surface area contributed by atoms with Crippen LogP contribution < -0.4 is 0 Å². The van der Waals surface area contributed by atoms with Crippen LogP contribution in [0, 0.1) is 23.7 Å². The van der Waals surface area contributed by atoms with Crippen molar-refractivity contribution in [1.29, 1.82) is 0 Å². The van der Waals surface area contributed by atoms with E-state index in [0.29, 0.717) is 36.7 Å². The maximum atomic E-state index is 14.7. The number of carbonyl (C=O) groups excluding carboxylic acids is 4. The molecule has 1 N–H and O–H groups in total. The third kappa shape index (κ3) is 9.70. The highest BCUT2D eigenvalue weighted by molar-refractivity contribution is 6.32. The molecule has 5 heterocycles. The molecule has 328 valence electrons. The number of ether oxygens (including phenoxy) is 5. The van der Waals surface area contributed by atoms with Gasteiger partial charge < -0.3 is 43.2 Å². The molecule has 3 fully saturated rings. The number of hydrogen-bond donors (Lipinski definition) is 1. The molecule has 2 aromatic rings. The highest BCUT2D eigenvalue weighted by Gasteiger charge is 2.60. The Balaban J connectivity index is 1.43. The van der Waals surface area contributed by atoms with Gasteiger partial charge in [0.1, 0.15) is 29.1 Å². The summed E-state index contributed by atoms with van der Waals surface area (Å²) in [5.41, 5.74) is -1.27. The van der Waals surface area contributed by atoms with Gasteiger partial charge in [0.25, 0.3) is 0 Å². The van der Waals surface area contributed by atoms with E-state index in [2.05, 4.69) is 9.97 Å². The van der Waals surface area contributed by atoms with Gasteiger partial charge in [0.05, 0.1) is 35.9 Å². The number of aryl methyl sites for hydroxylation is 1. The van der Waals surface area contributed by atoms with Crippen molar-refractivity contribution in [3.63, 3.8) is 0 Å². The van der Waals surface area contributed by atoms with Gasteiger partial charge in [0.15, 0.2) is 17.7 Å².